The zero-order chi connectivity index (χ0) is 25.0. The Morgan fingerprint density at radius 1 is 0.941 bits per heavy atom. The van der Waals surface area contributed by atoms with Crippen LogP contribution in [0.5, 0.6) is 5.75 Å². The summed E-state index contributed by atoms with van der Waals surface area (Å²) in [4.78, 5) is 31.9. The molecule has 0 amide bonds. The number of aliphatic hydroxyl groups is 1. The average Bonchev–Trinajstić information content (AvgIpc) is 2.83. The second-order valence-electron chi connectivity index (χ2n) is 7.26. The fourth-order valence-corrected chi connectivity index (χ4v) is 3.30. The number of nitrogens with two attached hydrogens (primary N) is 1. The van der Waals surface area contributed by atoms with Crippen LogP contribution in [0.25, 0.3) is 0 Å². The first kappa shape index (κ1) is 27.5. The average molecular weight is 497 g/mol. The highest BCUT2D eigenvalue weighted by molar-refractivity contribution is 7.47. The lowest BCUT2D eigenvalue weighted by Gasteiger charge is -2.16. The van der Waals surface area contributed by atoms with Crippen molar-refractivity contribution in [3.63, 3.8) is 0 Å². The van der Waals surface area contributed by atoms with Gasteiger partial charge in [0.1, 0.15) is 31.1 Å². The molecule has 5 N–H and O–H groups in total. The number of carbonyl (C=O) groups is 2. The van der Waals surface area contributed by atoms with Gasteiger partial charge in [-0.15, -0.1) is 0 Å². The largest absolute Gasteiger partial charge is 0.489 e. The molecule has 0 fully saturated rings. The molecule has 0 aliphatic carbocycles. The second kappa shape index (κ2) is 13.8. The number of phosphoric ester groups is 1. The van der Waals surface area contributed by atoms with Crippen molar-refractivity contribution in [1.29, 1.82) is 0 Å². The third-order valence-electron chi connectivity index (χ3n) is 4.39. The Bertz CT molecular complexity index is 954. The highest BCUT2D eigenvalue weighted by Crippen LogP contribution is 2.43. The number of aliphatic hydroxyl groups excluding tert-OH is 1. The molecule has 186 valence electrons. The number of carboxylic acid groups (broad SMARTS) is 1. The number of benzene rings is 2. The van der Waals surface area contributed by atoms with E-state index in [4.69, 9.17) is 20.3 Å². The molecule has 0 spiro atoms. The molecule has 0 bridgehead atoms. The van der Waals surface area contributed by atoms with Crippen LogP contribution >= 0.6 is 7.82 Å². The van der Waals surface area contributed by atoms with Crippen molar-refractivity contribution >= 4 is 19.8 Å². The van der Waals surface area contributed by atoms with Crippen LogP contribution in [0, 0.1) is 0 Å². The van der Waals surface area contributed by atoms with E-state index in [2.05, 4.69) is 9.05 Å². The van der Waals surface area contributed by atoms with Gasteiger partial charge in [-0.25, -0.2) is 4.57 Å². The molecule has 12 heteroatoms. The quantitative estimate of drug-likeness (QED) is 0.208. The maximum Gasteiger partial charge on any atom is 0.472 e. The summed E-state index contributed by atoms with van der Waals surface area (Å²) >= 11 is 0. The van der Waals surface area contributed by atoms with Gasteiger partial charge in [0.15, 0.2) is 0 Å². The van der Waals surface area contributed by atoms with Gasteiger partial charge in [-0.05, 0) is 29.7 Å². The fraction of sp³-hybridized carbons (Fsp3) is 0.364. The molecule has 0 saturated heterocycles. The summed E-state index contributed by atoms with van der Waals surface area (Å²) in [5, 5.41) is 18.4. The zero-order valence-electron chi connectivity index (χ0n) is 18.3. The number of esters is 1. The van der Waals surface area contributed by atoms with Crippen LogP contribution in [0.3, 0.4) is 0 Å². The predicted molar refractivity (Wildman–Crippen MR) is 120 cm³/mol. The van der Waals surface area contributed by atoms with Crippen LogP contribution in [-0.4, -0.2) is 59.0 Å². The highest BCUT2D eigenvalue weighted by atomic mass is 31.2. The Labute approximate surface area is 196 Å². The molecule has 2 aromatic carbocycles. The minimum atomic E-state index is -4.62. The summed E-state index contributed by atoms with van der Waals surface area (Å²) in [5.41, 5.74) is 7.10. The van der Waals surface area contributed by atoms with Crippen LogP contribution in [0.4, 0.5) is 0 Å². The molecule has 0 aromatic heterocycles. The molecule has 0 heterocycles. The van der Waals surface area contributed by atoms with E-state index < -0.39 is 51.7 Å². The van der Waals surface area contributed by atoms with Crippen LogP contribution in [-0.2, 0) is 41.0 Å². The number of carboxylic acids is 1. The second-order valence-corrected chi connectivity index (χ2v) is 8.71. The molecule has 2 rings (SSSR count). The minimum Gasteiger partial charge on any atom is -0.489 e. The molecule has 0 aliphatic rings. The van der Waals surface area contributed by atoms with Crippen molar-refractivity contribution in [2.45, 2.75) is 31.6 Å². The topological polar surface area (TPSA) is 175 Å². The molecule has 34 heavy (non-hydrogen) atoms. The normalized spacial score (nSPS) is 14.6. The number of ether oxygens (including phenoxy) is 2. The van der Waals surface area contributed by atoms with Gasteiger partial charge >= 0.3 is 19.8 Å². The lowest BCUT2D eigenvalue weighted by atomic mass is 10.1. The number of phosphoric acid groups is 1. The van der Waals surface area contributed by atoms with Crippen LogP contribution in [0.1, 0.15) is 17.5 Å². The molecule has 11 nitrogen and oxygen atoms in total. The Morgan fingerprint density at radius 2 is 1.59 bits per heavy atom. The van der Waals surface area contributed by atoms with Gasteiger partial charge in [0.25, 0.3) is 0 Å². The number of aryl methyl sites for hydroxylation is 1. The summed E-state index contributed by atoms with van der Waals surface area (Å²) in [6, 6.07) is 15.5. The Kier molecular flexibility index (Phi) is 11.1. The summed E-state index contributed by atoms with van der Waals surface area (Å²) in [7, 11) is -4.62. The summed E-state index contributed by atoms with van der Waals surface area (Å²) in [6.45, 7) is -1.44. The van der Waals surface area contributed by atoms with E-state index in [1.165, 1.54) is 0 Å². The van der Waals surface area contributed by atoms with Crippen LogP contribution < -0.4 is 10.5 Å². The van der Waals surface area contributed by atoms with Gasteiger partial charge in [0, 0.05) is 6.42 Å². The van der Waals surface area contributed by atoms with Gasteiger partial charge in [-0.2, -0.15) is 0 Å². The van der Waals surface area contributed by atoms with Gasteiger partial charge < -0.3 is 30.3 Å². The summed E-state index contributed by atoms with van der Waals surface area (Å²) < 4.78 is 31.2. The standard InChI is InChI=1S/C22H28NO10P/c23-20(22(26)27)15-33-34(28,29)32-14-18(24)13-31-21(25)11-8-16-6-9-19(10-7-16)30-12-17-4-2-1-3-5-17/h1-7,9-10,18,20,24H,8,11-15,23H2,(H,26,27)(H,28,29)/t18-,20+/m1/s1. The van der Waals surface area contributed by atoms with Crippen LogP contribution in [0.15, 0.2) is 54.6 Å². The molecular weight excluding hydrogens is 469 g/mol. The third-order valence-corrected chi connectivity index (χ3v) is 5.34. The number of hydrogen-bond acceptors (Lipinski definition) is 9. The predicted octanol–water partition coefficient (Wildman–Crippen LogP) is 1.65. The van der Waals surface area contributed by atoms with Crippen molar-refractivity contribution in [3.8, 4) is 5.75 Å². The number of carbonyl (C=O) groups excluding carboxylic acids is 1. The van der Waals surface area contributed by atoms with E-state index in [1.54, 1.807) is 0 Å². The van der Waals surface area contributed by atoms with Crippen molar-refractivity contribution in [2.75, 3.05) is 19.8 Å². The van der Waals surface area contributed by atoms with Gasteiger partial charge in [0.05, 0.1) is 13.2 Å². The maximum atomic E-state index is 11.9. The van der Waals surface area contributed by atoms with Crippen molar-refractivity contribution < 1.29 is 47.8 Å². The maximum absolute atomic E-state index is 11.9. The first-order valence-electron chi connectivity index (χ1n) is 10.3. The fourth-order valence-electron chi connectivity index (χ4n) is 2.51. The first-order chi connectivity index (χ1) is 16.1. The van der Waals surface area contributed by atoms with E-state index in [0.29, 0.717) is 18.8 Å². The number of rotatable bonds is 15. The van der Waals surface area contributed by atoms with Gasteiger partial charge in [0.2, 0.25) is 0 Å². The molecule has 3 atom stereocenters. The SMILES string of the molecule is N[C@@H](COP(=O)(O)OC[C@H](O)COC(=O)CCc1ccc(OCc2ccccc2)cc1)C(=O)O. The van der Waals surface area contributed by atoms with Crippen molar-refractivity contribution in [2.24, 2.45) is 5.73 Å². The lowest BCUT2D eigenvalue weighted by molar-refractivity contribution is -0.147. The molecule has 0 aliphatic heterocycles. The smallest absolute Gasteiger partial charge is 0.472 e. The number of aliphatic carboxylic acids is 1. The molecule has 2 aromatic rings. The van der Waals surface area contributed by atoms with Crippen molar-refractivity contribution in [3.05, 3.63) is 65.7 Å². The molecule has 0 radical (unpaired) electrons. The van der Waals surface area contributed by atoms with Gasteiger partial charge in [-0.1, -0.05) is 42.5 Å². The van der Waals surface area contributed by atoms with E-state index in [0.717, 1.165) is 11.1 Å². The zero-order valence-corrected chi connectivity index (χ0v) is 19.2. The molecule has 1 unspecified atom stereocenters. The lowest BCUT2D eigenvalue weighted by Crippen LogP contribution is -2.34. The third kappa shape index (κ3) is 10.9. The van der Waals surface area contributed by atoms with E-state index in [-0.39, 0.29) is 6.42 Å². The van der Waals surface area contributed by atoms with E-state index in [1.807, 2.05) is 54.6 Å². The molecule has 0 saturated carbocycles. The van der Waals surface area contributed by atoms with E-state index in [9.17, 15) is 24.2 Å². The monoisotopic (exact) mass is 497 g/mol. The Hall–Kier alpha value is -2.79. The summed E-state index contributed by atoms with van der Waals surface area (Å²) in [5.74, 6) is -1.29. The minimum absolute atomic E-state index is 0.0620. The Morgan fingerprint density at radius 3 is 2.24 bits per heavy atom. The first-order valence-corrected chi connectivity index (χ1v) is 11.8. The summed E-state index contributed by atoms with van der Waals surface area (Å²) in [6.07, 6.45) is -0.914. The van der Waals surface area contributed by atoms with Gasteiger partial charge in [-0.3, -0.25) is 18.6 Å². The number of hydrogen-bond donors (Lipinski definition) is 4. The highest BCUT2D eigenvalue weighted by Gasteiger charge is 2.26. The van der Waals surface area contributed by atoms with Crippen molar-refractivity contribution in [1.82, 2.24) is 0 Å². The molecular formula is C22H28NO10P. The van der Waals surface area contributed by atoms with Crippen LogP contribution in [0.2, 0.25) is 0 Å². The Balaban J connectivity index is 1.63. The van der Waals surface area contributed by atoms with E-state index >= 15 is 0 Å².